The van der Waals surface area contributed by atoms with Gasteiger partial charge in [-0.2, -0.15) is 0 Å². The van der Waals surface area contributed by atoms with Crippen LogP contribution in [0.25, 0.3) is 6.08 Å². The van der Waals surface area contributed by atoms with Crippen LogP contribution in [-0.4, -0.2) is 19.3 Å². The summed E-state index contributed by atoms with van der Waals surface area (Å²) < 4.78 is 11.4. The third-order valence-electron chi connectivity index (χ3n) is 3.37. The van der Waals surface area contributed by atoms with Gasteiger partial charge in [0.1, 0.15) is 12.4 Å². The van der Waals surface area contributed by atoms with Crippen LogP contribution in [0.3, 0.4) is 0 Å². The molecule has 0 unspecified atom stereocenters. The molecule has 0 aromatic heterocycles. The first kappa shape index (κ1) is 13.2. The van der Waals surface area contributed by atoms with Crippen LogP contribution in [0, 0.1) is 0 Å². The molecule has 2 nitrogen and oxygen atoms in total. The maximum Gasteiger partial charge on any atom is 0.119 e. The summed E-state index contributed by atoms with van der Waals surface area (Å²) in [5, 5.41) is 0. The van der Waals surface area contributed by atoms with E-state index < -0.39 is 0 Å². The number of hydrogen-bond acceptors (Lipinski definition) is 2. The maximum absolute atomic E-state index is 5.81. The third-order valence-corrected chi connectivity index (χ3v) is 3.37. The topological polar surface area (TPSA) is 18.5 Å². The van der Waals surface area contributed by atoms with Crippen molar-refractivity contribution in [2.45, 2.75) is 38.2 Å². The van der Waals surface area contributed by atoms with Gasteiger partial charge in [0.25, 0.3) is 0 Å². The Hall–Kier alpha value is -1.28. The Morgan fingerprint density at radius 3 is 2.44 bits per heavy atom. The summed E-state index contributed by atoms with van der Waals surface area (Å²) in [6.45, 7) is 5.04. The largest absolute Gasteiger partial charge is 0.491 e. The fourth-order valence-electron chi connectivity index (χ4n) is 2.31. The molecule has 18 heavy (non-hydrogen) atoms. The molecule has 0 radical (unpaired) electrons. The van der Waals surface area contributed by atoms with E-state index >= 15 is 0 Å². The summed E-state index contributed by atoms with van der Waals surface area (Å²) in [4.78, 5) is 0. The van der Waals surface area contributed by atoms with Gasteiger partial charge >= 0.3 is 0 Å². The second-order valence-corrected chi connectivity index (χ2v) is 4.75. The first-order chi connectivity index (χ1) is 8.88. The van der Waals surface area contributed by atoms with Crippen molar-refractivity contribution in [2.24, 2.45) is 0 Å². The highest BCUT2D eigenvalue weighted by atomic mass is 16.5. The van der Waals surface area contributed by atoms with Gasteiger partial charge in [-0.25, -0.2) is 0 Å². The lowest BCUT2D eigenvalue weighted by atomic mass is 9.98. The van der Waals surface area contributed by atoms with Crippen molar-refractivity contribution in [1.29, 1.82) is 0 Å². The molecule has 0 amide bonds. The molecule has 0 heterocycles. The molecule has 2 heteroatoms. The van der Waals surface area contributed by atoms with Crippen molar-refractivity contribution in [1.82, 2.24) is 0 Å². The van der Waals surface area contributed by atoms with Crippen LogP contribution in [-0.2, 0) is 4.74 Å². The molecule has 1 saturated carbocycles. The molecule has 0 aliphatic heterocycles. The predicted molar refractivity (Wildman–Crippen MR) is 74.9 cm³/mol. The average Bonchev–Trinajstić information content (AvgIpc) is 2.45. The van der Waals surface area contributed by atoms with E-state index in [0.29, 0.717) is 19.3 Å². The molecular formula is C16H22O2. The Balaban J connectivity index is 1.63. The molecule has 0 spiro atoms. The summed E-state index contributed by atoms with van der Waals surface area (Å²) in [5.41, 5.74) is 1.11. The van der Waals surface area contributed by atoms with E-state index in [1.807, 2.05) is 30.3 Å². The highest BCUT2D eigenvalue weighted by Gasteiger charge is 2.13. The monoisotopic (exact) mass is 246 g/mol. The van der Waals surface area contributed by atoms with Crippen molar-refractivity contribution in [3.8, 4) is 5.75 Å². The second kappa shape index (κ2) is 7.22. The van der Waals surface area contributed by atoms with Crippen molar-refractivity contribution in [3.63, 3.8) is 0 Å². The zero-order valence-corrected chi connectivity index (χ0v) is 10.9. The molecule has 0 N–H and O–H groups in total. The normalized spacial score (nSPS) is 16.4. The van der Waals surface area contributed by atoms with Crippen LogP contribution in [0.4, 0.5) is 0 Å². The van der Waals surface area contributed by atoms with E-state index in [9.17, 15) is 0 Å². The van der Waals surface area contributed by atoms with E-state index in [1.54, 1.807) is 0 Å². The summed E-state index contributed by atoms with van der Waals surface area (Å²) >= 11 is 0. The SMILES string of the molecule is C=Cc1ccc(OCCOC2CCCCC2)cc1. The van der Waals surface area contributed by atoms with Gasteiger partial charge in [0.2, 0.25) is 0 Å². The lowest BCUT2D eigenvalue weighted by Gasteiger charge is -2.21. The van der Waals surface area contributed by atoms with Gasteiger partial charge in [-0.05, 0) is 30.5 Å². The first-order valence-electron chi connectivity index (χ1n) is 6.85. The van der Waals surface area contributed by atoms with Crippen LogP contribution in [0.15, 0.2) is 30.8 Å². The Kier molecular flexibility index (Phi) is 5.28. The minimum atomic E-state index is 0.463. The maximum atomic E-state index is 5.81. The summed E-state index contributed by atoms with van der Waals surface area (Å²) in [6.07, 6.45) is 8.72. The van der Waals surface area contributed by atoms with Crippen LogP contribution in [0.1, 0.15) is 37.7 Å². The van der Waals surface area contributed by atoms with Crippen LogP contribution in [0.5, 0.6) is 5.75 Å². The van der Waals surface area contributed by atoms with E-state index in [2.05, 4.69) is 6.58 Å². The van der Waals surface area contributed by atoms with Gasteiger partial charge < -0.3 is 9.47 Å². The number of hydrogen-bond donors (Lipinski definition) is 0. The van der Waals surface area contributed by atoms with E-state index in [-0.39, 0.29) is 0 Å². The molecule has 1 aliphatic rings. The molecule has 2 rings (SSSR count). The molecule has 1 aromatic rings. The summed E-state index contributed by atoms with van der Waals surface area (Å²) in [5.74, 6) is 0.896. The molecule has 0 bridgehead atoms. The van der Waals surface area contributed by atoms with Crippen LogP contribution in [0.2, 0.25) is 0 Å². The quantitative estimate of drug-likeness (QED) is 0.705. The molecule has 0 atom stereocenters. The lowest BCUT2D eigenvalue weighted by molar-refractivity contribution is 0.0129. The molecule has 1 aliphatic carbocycles. The van der Waals surface area contributed by atoms with Gasteiger partial charge in [-0.1, -0.05) is 44.1 Å². The van der Waals surface area contributed by atoms with Gasteiger partial charge in [0.15, 0.2) is 0 Å². The Bertz CT molecular complexity index is 350. The van der Waals surface area contributed by atoms with Crippen LogP contribution >= 0.6 is 0 Å². The minimum Gasteiger partial charge on any atom is -0.491 e. The predicted octanol–water partition coefficient (Wildman–Crippen LogP) is 4.06. The van der Waals surface area contributed by atoms with Crippen molar-refractivity contribution in [2.75, 3.05) is 13.2 Å². The van der Waals surface area contributed by atoms with Crippen LogP contribution < -0.4 is 4.74 Å². The first-order valence-corrected chi connectivity index (χ1v) is 6.85. The zero-order chi connectivity index (χ0) is 12.6. The number of ether oxygens (including phenoxy) is 2. The van der Waals surface area contributed by atoms with Gasteiger partial charge in [0, 0.05) is 0 Å². The fourth-order valence-corrected chi connectivity index (χ4v) is 2.31. The van der Waals surface area contributed by atoms with E-state index in [4.69, 9.17) is 9.47 Å². The van der Waals surface area contributed by atoms with E-state index in [0.717, 1.165) is 11.3 Å². The molecule has 98 valence electrons. The zero-order valence-electron chi connectivity index (χ0n) is 10.9. The molecular weight excluding hydrogens is 224 g/mol. The Morgan fingerprint density at radius 1 is 1.06 bits per heavy atom. The van der Waals surface area contributed by atoms with Gasteiger partial charge in [0.05, 0.1) is 12.7 Å². The molecule has 0 saturated heterocycles. The fraction of sp³-hybridized carbons (Fsp3) is 0.500. The number of rotatable bonds is 6. The molecule has 1 aromatic carbocycles. The lowest BCUT2D eigenvalue weighted by Crippen LogP contribution is -2.19. The summed E-state index contributed by atoms with van der Waals surface area (Å²) in [6, 6.07) is 7.95. The smallest absolute Gasteiger partial charge is 0.119 e. The Labute approximate surface area is 110 Å². The van der Waals surface area contributed by atoms with Crippen molar-refractivity contribution >= 4 is 6.08 Å². The molecule has 1 fully saturated rings. The standard InChI is InChI=1S/C16H22O2/c1-2-14-8-10-16(11-9-14)18-13-12-17-15-6-4-3-5-7-15/h2,8-11,15H,1,3-7,12-13H2. The van der Waals surface area contributed by atoms with Crippen molar-refractivity contribution in [3.05, 3.63) is 36.4 Å². The second-order valence-electron chi connectivity index (χ2n) is 4.75. The van der Waals surface area contributed by atoms with Gasteiger partial charge in [-0.15, -0.1) is 0 Å². The highest BCUT2D eigenvalue weighted by molar-refractivity contribution is 5.48. The van der Waals surface area contributed by atoms with E-state index in [1.165, 1.54) is 32.1 Å². The third kappa shape index (κ3) is 4.19. The van der Waals surface area contributed by atoms with Crippen molar-refractivity contribution < 1.29 is 9.47 Å². The van der Waals surface area contributed by atoms with Gasteiger partial charge in [-0.3, -0.25) is 0 Å². The Morgan fingerprint density at radius 2 is 1.78 bits per heavy atom. The highest BCUT2D eigenvalue weighted by Crippen LogP contribution is 2.20. The summed E-state index contributed by atoms with van der Waals surface area (Å²) in [7, 11) is 0. The average molecular weight is 246 g/mol. The number of benzene rings is 1. The minimum absolute atomic E-state index is 0.463.